The number of aromatic nitrogens is 4. The minimum Gasteiger partial charge on any atom is -0.463 e. The molecule has 0 bridgehead atoms. The van der Waals surface area contributed by atoms with E-state index in [2.05, 4.69) is 15.4 Å². The van der Waals surface area contributed by atoms with Gasteiger partial charge in [0.15, 0.2) is 29.0 Å². The van der Waals surface area contributed by atoms with Crippen molar-refractivity contribution in [3.8, 4) is 11.4 Å². The second-order valence-corrected chi connectivity index (χ2v) is 8.45. The van der Waals surface area contributed by atoms with Crippen molar-refractivity contribution in [1.29, 1.82) is 0 Å². The number of pyridine rings is 1. The first-order valence-electron chi connectivity index (χ1n) is 11.0. The zero-order valence-corrected chi connectivity index (χ0v) is 21.2. The molecule has 0 saturated carbocycles. The van der Waals surface area contributed by atoms with Gasteiger partial charge in [0.25, 0.3) is 0 Å². The van der Waals surface area contributed by atoms with Crippen LogP contribution >= 0.6 is 12.2 Å². The predicted molar refractivity (Wildman–Crippen MR) is 125 cm³/mol. The number of hydrogen-bond acceptors (Lipinski definition) is 11. The van der Waals surface area contributed by atoms with Gasteiger partial charge in [0.2, 0.25) is 5.91 Å². The van der Waals surface area contributed by atoms with Crippen molar-refractivity contribution in [1.82, 2.24) is 24.6 Å². The number of amides is 1. The Balaban J connectivity index is 2.15. The molecule has 1 N–H and O–H groups in total. The zero-order valence-electron chi connectivity index (χ0n) is 20.4. The molecule has 3 rings (SSSR count). The Bertz CT molecular complexity index is 1200. The Morgan fingerprint density at radius 1 is 1.03 bits per heavy atom. The van der Waals surface area contributed by atoms with Gasteiger partial charge in [-0.1, -0.05) is 0 Å². The van der Waals surface area contributed by atoms with E-state index in [0.29, 0.717) is 5.82 Å². The van der Waals surface area contributed by atoms with E-state index < -0.39 is 54.4 Å². The molecule has 1 amide bonds. The molecule has 5 unspecified atom stereocenters. The highest BCUT2D eigenvalue weighted by atomic mass is 32.1. The van der Waals surface area contributed by atoms with Gasteiger partial charge in [-0.05, 0) is 24.4 Å². The Kier molecular flexibility index (Phi) is 8.53. The quantitative estimate of drug-likeness (QED) is 0.313. The molecule has 13 nitrogen and oxygen atoms in total. The summed E-state index contributed by atoms with van der Waals surface area (Å²) < 4.78 is 25.5. The van der Waals surface area contributed by atoms with E-state index in [1.54, 1.807) is 36.1 Å². The van der Waals surface area contributed by atoms with Gasteiger partial charge in [-0.15, -0.1) is 5.10 Å². The molecule has 0 aliphatic carbocycles. The summed E-state index contributed by atoms with van der Waals surface area (Å²) in [4.78, 5) is 51.7. The lowest BCUT2D eigenvalue weighted by Crippen LogP contribution is -2.64. The van der Waals surface area contributed by atoms with E-state index >= 15 is 0 Å². The Morgan fingerprint density at radius 2 is 1.64 bits per heavy atom. The molecule has 194 valence electrons. The van der Waals surface area contributed by atoms with E-state index in [-0.39, 0.29) is 11.4 Å². The van der Waals surface area contributed by atoms with Crippen LogP contribution in [0.2, 0.25) is 0 Å². The van der Waals surface area contributed by atoms with E-state index in [1.165, 1.54) is 32.4 Å². The number of nitrogens with one attached hydrogen (secondary N) is 1. The van der Waals surface area contributed by atoms with Gasteiger partial charge in [-0.25, -0.2) is 4.68 Å². The normalized spacial score (nSPS) is 23.4. The number of ether oxygens (including phenoxy) is 4. The number of esters is 3. The molecule has 1 aliphatic rings. The Labute approximate surface area is 211 Å². The number of carbonyl (C=O) groups is 4. The molecule has 0 radical (unpaired) electrons. The summed E-state index contributed by atoms with van der Waals surface area (Å²) in [6, 6.07) is 2.42. The van der Waals surface area contributed by atoms with Gasteiger partial charge < -0.3 is 28.8 Å². The molecule has 1 saturated heterocycles. The summed E-state index contributed by atoms with van der Waals surface area (Å²) in [6.07, 6.45) is -1.43. The van der Waals surface area contributed by atoms with Gasteiger partial charge in [-0.2, -0.15) is 0 Å². The lowest BCUT2D eigenvalue weighted by atomic mass is 9.95. The van der Waals surface area contributed by atoms with Crippen LogP contribution < -0.4 is 5.32 Å². The molecule has 3 heterocycles. The van der Waals surface area contributed by atoms with Crippen LogP contribution in [0.25, 0.3) is 11.4 Å². The highest BCUT2D eigenvalue weighted by molar-refractivity contribution is 7.71. The highest BCUT2D eigenvalue weighted by Crippen LogP contribution is 2.33. The van der Waals surface area contributed by atoms with Crippen LogP contribution in [0, 0.1) is 4.77 Å². The predicted octanol–water partition coefficient (Wildman–Crippen LogP) is 0.842. The zero-order chi connectivity index (χ0) is 26.6. The molecule has 0 spiro atoms. The lowest BCUT2D eigenvalue weighted by Gasteiger charge is -2.45. The molecule has 1 aliphatic heterocycles. The molecule has 5 atom stereocenters. The van der Waals surface area contributed by atoms with Crippen LogP contribution in [-0.4, -0.2) is 74.1 Å². The van der Waals surface area contributed by atoms with E-state index in [1.807, 2.05) is 0 Å². The molecule has 2 aromatic heterocycles. The third kappa shape index (κ3) is 6.12. The first-order chi connectivity index (χ1) is 17.0. The maximum atomic E-state index is 12.2. The van der Waals surface area contributed by atoms with Crippen LogP contribution in [0.15, 0.2) is 24.5 Å². The Hall–Kier alpha value is -3.65. The SMILES string of the molecule is CC(=O)NC1C(OC(C)=O)C(OC(C)=O)C(COC(C)=O)OC1n1nc(-c2ccncc2)n(C)c1=S. The smallest absolute Gasteiger partial charge is 0.303 e. The van der Waals surface area contributed by atoms with Crippen molar-refractivity contribution in [3.63, 3.8) is 0 Å². The monoisotopic (exact) mass is 521 g/mol. The lowest BCUT2D eigenvalue weighted by molar-refractivity contribution is -0.239. The number of carbonyl (C=O) groups excluding carboxylic acids is 4. The summed E-state index contributed by atoms with van der Waals surface area (Å²) in [7, 11) is 1.71. The second-order valence-electron chi connectivity index (χ2n) is 8.09. The Morgan fingerprint density at radius 3 is 2.19 bits per heavy atom. The summed E-state index contributed by atoms with van der Waals surface area (Å²) in [5.41, 5.74) is 0.718. The van der Waals surface area contributed by atoms with E-state index in [0.717, 1.165) is 5.56 Å². The second kappa shape index (κ2) is 11.4. The van der Waals surface area contributed by atoms with Crippen LogP contribution in [0.4, 0.5) is 0 Å². The van der Waals surface area contributed by atoms with Gasteiger partial charge in [0.05, 0.1) is 0 Å². The first-order valence-corrected chi connectivity index (χ1v) is 11.4. The molecule has 36 heavy (non-hydrogen) atoms. The average Bonchev–Trinajstić information content (AvgIpc) is 3.09. The van der Waals surface area contributed by atoms with Crippen molar-refractivity contribution in [2.24, 2.45) is 7.05 Å². The summed E-state index contributed by atoms with van der Waals surface area (Å²) in [5.74, 6) is -1.97. The minimum absolute atomic E-state index is 0.223. The first kappa shape index (κ1) is 26.9. The van der Waals surface area contributed by atoms with Crippen LogP contribution in [0.5, 0.6) is 0 Å². The fraction of sp³-hybridized carbons (Fsp3) is 0.500. The molecule has 1 fully saturated rings. The van der Waals surface area contributed by atoms with Crippen LogP contribution in [0.1, 0.15) is 33.9 Å². The van der Waals surface area contributed by atoms with Crippen LogP contribution in [0.3, 0.4) is 0 Å². The molecular formula is C22H27N5O8S. The van der Waals surface area contributed by atoms with Crippen molar-refractivity contribution in [3.05, 3.63) is 29.3 Å². The standard InChI is InChI=1S/C22H27N5O8S/c1-11(28)24-17-19(34-14(4)31)18(33-13(3)30)16(10-32-12(2)29)35-21(17)27-22(36)26(5)20(25-27)15-6-8-23-9-7-15/h6-9,16-19,21H,10H2,1-5H3,(H,24,28). The third-order valence-electron chi connectivity index (χ3n) is 5.27. The molecule has 0 aromatic carbocycles. The van der Waals surface area contributed by atoms with Gasteiger partial charge in [-0.3, -0.25) is 24.2 Å². The minimum atomic E-state index is -1.22. The molecule has 2 aromatic rings. The van der Waals surface area contributed by atoms with Crippen molar-refractivity contribution >= 4 is 36.0 Å². The van der Waals surface area contributed by atoms with Crippen molar-refractivity contribution in [2.75, 3.05) is 6.61 Å². The number of hydrogen-bond donors (Lipinski definition) is 1. The van der Waals surface area contributed by atoms with E-state index in [9.17, 15) is 19.2 Å². The van der Waals surface area contributed by atoms with Gasteiger partial charge in [0, 0.05) is 52.7 Å². The molecule has 14 heteroatoms. The van der Waals surface area contributed by atoms with Crippen molar-refractivity contribution in [2.45, 2.75) is 58.3 Å². The fourth-order valence-electron chi connectivity index (χ4n) is 3.89. The summed E-state index contributed by atoms with van der Waals surface area (Å²) >= 11 is 5.61. The van der Waals surface area contributed by atoms with Gasteiger partial charge >= 0.3 is 17.9 Å². The topological polar surface area (TPSA) is 153 Å². The molecular weight excluding hydrogens is 494 g/mol. The summed E-state index contributed by atoms with van der Waals surface area (Å²) in [5, 5.41) is 7.31. The number of rotatable bonds is 7. The van der Waals surface area contributed by atoms with E-state index in [4.69, 9.17) is 31.2 Å². The summed E-state index contributed by atoms with van der Waals surface area (Å²) in [6.45, 7) is 4.50. The maximum Gasteiger partial charge on any atom is 0.303 e. The average molecular weight is 522 g/mol. The third-order valence-corrected chi connectivity index (χ3v) is 5.73. The largest absolute Gasteiger partial charge is 0.463 e. The van der Waals surface area contributed by atoms with Crippen LogP contribution in [-0.2, 0) is 45.2 Å². The fourth-order valence-corrected chi connectivity index (χ4v) is 4.12. The highest BCUT2D eigenvalue weighted by Gasteiger charge is 2.52. The maximum absolute atomic E-state index is 12.2. The van der Waals surface area contributed by atoms with Crippen molar-refractivity contribution < 1.29 is 38.1 Å². The van der Waals surface area contributed by atoms with Gasteiger partial charge in [0.1, 0.15) is 18.8 Å². The number of nitrogens with zero attached hydrogens (tertiary/aromatic N) is 4.